The highest BCUT2D eigenvalue weighted by molar-refractivity contribution is 5.46. The van der Waals surface area contributed by atoms with Crippen molar-refractivity contribution in [2.75, 3.05) is 31.9 Å². The van der Waals surface area contributed by atoms with Crippen LogP contribution >= 0.6 is 0 Å². The first-order valence-electron chi connectivity index (χ1n) is 7.63. The van der Waals surface area contributed by atoms with Gasteiger partial charge in [0.25, 0.3) is 0 Å². The van der Waals surface area contributed by atoms with E-state index in [0.29, 0.717) is 0 Å². The highest BCUT2D eigenvalue weighted by Gasteiger charge is 2.28. The molecule has 0 aromatic heterocycles. The first-order valence-corrected chi connectivity index (χ1v) is 7.63. The Morgan fingerprint density at radius 2 is 1.84 bits per heavy atom. The van der Waals surface area contributed by atoms with Gasteiger partial charge in [0.05, 0.1) is 0 Å². The Bertz CT molecular complexity index is 412. The number of hydrogen-bond donors (Lipinski definition) is 1. The van der Waals surface area contributed by atoms with Crippen molar-refractivity contribution >= 4 is 5.69 Å². The van der Waals surface area contributed by atoms with E-state index in [2.05, 4.69) is 21.9 Å². The molecule has 0 bridgehead atoms. The smallest absolute Gasteiger partial charge is 0.0359 e. The van der Waals surface area contributed by atoms with E-state index in [9.17, 15) is 0 Å². The number of rotatable bonds is 3. The van der Waals surface area contributed by atoms with Crippen molar-refractivity contribution in [3.63, 3.8) is 0 Å². The second kappa shape index (κ2) is 5.93. The van der Waals surface area contributed by atoms with Gasteiger partial charge in [-0.25, -0.2) is 0 Å². The minimum atomic E-state index is 0.783. The molecule has 0 spiro atoms. The molecule has 1 unspecified atom stereocenters. The van der Waals surface area contributed by atoms with Crippen LogP contribution in [-0.4, -0.2) is 42.0 Å². The minimum absolute atomic E-state index is 0.783. The van der Waals surface area contributed by atoms with Crippen LogP contribution in [0.2, 0.25) is 0 Å². The van der Waals surface area contributed by atoms with E-state index >= 15 is 0 Å². The molecule has 104 valence electrons. The van der Waals surface area contributed by atoms with Gasteiger partial charge in [0.2, 0.25) is 0 Å². The normalized spacial score (nSPS) is 25.8. The number of para-hydroxylation sites is 1. The summed E-state index contributed by atoms with van der Waals surface area (Å²) in [5.74, 6) is 0. The monoisotopic (exact) mass is 259 g/mol. The molecule has 0 saturated carbocycles. The summed E-state index contributed by atoms with van der Waals surface area (Å²) >= 11 is 0. The molecule has 3 heteroatoms. The van der Waals surface area contributed by atoms with Crippen LogP contribution in [0.1, 0.15) is 31.2 Å². The van der Waals surface area contributed by atoms with Crippen LogP contribution in [0.5, 0.6) is 0 Å². The second-order valence-corrected chi connectivity index (χ2v) is 5.97. The van der Waals surface area contributed by atoms with E-state index in [1.165, 1.54) is 57.4 Å². The lowest BCUT2D eigenvalue weighted by Gasteiger charge is -2.32. The molecule has 3 nitrogen and oxygen atoms in total. The van der Waals surface area contributed by atoms with Gasteiger partial charge in [-0.3, -0.25) is 9.80 Å². The molecular formula is C16H25N3. The molecule has 19 heavy (non-hydrogen) atoms. The zero-order valence-corrected chi connectivity index (χ0v) is 11.7. The molecule has 2 saturated heterocycles. The van der Waals surface area contributed by atoms with Gasteiger partial charge < -0.3 is 5.73 Å². The van der Waals surface area contributed by atoms with Gasteiger partial charge >= 0.3 is 0 Å². The van der Waals surface area contributed by atoms with Crippen molar-refractivity contribution in [3.8, 4) is 0 Å². The fraction of sp³-hybridized carbons (Fsp3) is 0.625. The molecule has 0 aliphatic carbocycles. The van der Waals surface area contributed by atoms with Gasteiger partial charge in [0.1, 0.15) is 0 Å². The summed E-state index contributed by atoms with van der Waals surface area (Å²) in [4.78, 5) is 5.27. The van der Waals surface area contributed by atoms with Crippen molar-refractivity contribution in [1.29, 1.82) is 0 Å². The summed E-state index contributed by atoms with van der Waals surface area (Å²) in [6, 6.07) is 9.05. The van der Waals surface area contributed by atoms with Gasteiger partial charge in [0, 0.05) is 31.4 Å². The van der Waals surface area contributed by atoms with E-state index in [4.69, 9.17) is 5.73 Å². The third-order valence-corrected chi connectivity index (χ3v) is 4.60. The van der Waals surface area contributed by atoms with Crippen molar-refractivity contribution in [1.82, 2.24) is 9.80 Å². The Morgan fingerprint density at radius 3 is 2.63 bits per heavy atom. The number of piperidine rings is 1. The predicted molar refractivity (Wildman–Crippen MR) is 80.0 cm³/mol. The van der Waals surface area contributed by atoms with E-state index in [0.717, 1.165) is 18.3 Å². The lowest BCUT2D eigenvalue weighted by Crippen LogP contribution is -2.40. The lowest BCUT2D eigenvalue weighted by molar-refractivity contribution is 0.161. The fourth-order valence-electron chi connectivity index (χ4n) is 3.46. The van der Waals surface area contributed by atoms with Gasteiger partial charge in [-0.05, 0) is 44.0 Å². The molecule has 2 fully saturated rings. The molecule has 1 atom stereocenters. The van der Waals surface area contributed by atoms with Gasteiger partial charge in [-0.2, -0.15) is 0 Å². The maximum atomic E-state index is 6.04. The maximum Gasteiger partial charge on any atom is 0.0359 e. The Balaban J connectivity index is 1.55. The zero-order chi connectivity index (χ0) is 13.1. The molecule has 1 aromatic rings. The fourth-order valence-corrected chi connectivity index (χ4v) is 3.46. The van der Waals surface area contributed by atoms with Crippen LogP contribution in [0.15, 0.2) is 24.3 Å². The lowest BCUT2D eigenvalue weighted by atomic mass is 10.1. The van der Waals surface area contributed by atoms with E-state index in [-0.39, 0.29) is 0 Å². The number of likely N-dealkylation sites (tertiary alicyclic amines) is 2. The number of anilines is 1. The van der Waals surface area contributed by atoms with Crippen LogP contribution in [0.4, 0.5) is 5.69 Å². The summed E-state index contributed by atoms with van der Waals surface area (Å²) in [5.41, 5.74) is 8.25. The second-order valence-electron chi connectivity index (χ2n) is 5.97. The molecule has 2 aliphatic heterocycles. The van der Waals surface area contributed by atoms with Gasteiger partial charge in [-0.15, -0.1) is 0 Å². The summed E-state index contributed by atoms with van der Waals surface area (Å²) < 4.78 is 0. The van der Waals surface area contributed by atoms with Crippen molar-refractivity contribution in [2.45, 2.75) is 38.3 Å². The van der Waals surface area contributed by atoms with Crippen LogP contribution in [0.25, 0.3) is 0 Å². The Kier molecular flexibility index (Phi) is 4.04. The number of nitrogens with zero attached hydrogens (tertiary/aromatic N) is 2. The van der Waals surface area contributed by atoms with Crippen LogP contribution in [-0.2, 0) is 6.54 Å². The summed E-state index contributed by atoms with van der Waals surface area (Å²) in [6.07, 6.45) is 5.53. The molecule has 2 N–H and O–H groups in total. The van der Waals surface area contributed by atoms with Gasteiger partial charge in [0.15, 0.2) is 0 Å². The van der Waals surface area contributed by atoms with Gasteiger partial charge in [-0.1, -0.05) is 24.6 Å². The quantitative estimate of drug-likeness (QED) is 0.846. The molecule has 2 aliphatic rings. The third kappa shape index (κ3) is 3.10. The maximum absolute atomic E-state index is 6.04. The van der Waals surface area contributed by atoms with Crippen LogP contribution in [0.3, 0.4) is 0 Å². The van der Waals surface area contributed by atoms with Crippen LogP contribution < -0.4 is 5.73 Å². The Labute approximate surface area is 116 Å². The minimum Gasteiger partial charge on any atom is -0.398 e. The van der Waals surface area contributed by atoms with E-state index in [1.807, 2.05) is 12.1 Å². The highest BCUT2D eigenvalue weighted by Crippen LogP contribution is 2.22. The molecule has 1 aromatic carbocycles. The summed E-state index contributed by atoms with van der Waals surface area (Å²) in [7, 11) is 0. The van der Waals surface area contributed by atoms with Crippen molar-refractivity contribution in [2.24, 2.45) is 0 Å². The first kappa shape index (κ1) is 12.9. The Hall–Kier alpha value is -1.06. The SMILES string of the molecule is Nc1ccccc1CN1CCC(N2CCCCC2)C1. The molecule has 3 rings (SSSR count). The average molecular weight is 259 g/mol. The number of nitrogen functional groups attached to an aromatic ring is 1. The Morgan fingerprint density at radius 1 is 1.05 bits per heavy atom. The highest BCUT2D eigenvalue weighted by atomic mass is 15.3. The van der Waals surface area contributed by atoms with Crippen molar-refractivity contribution < 1.29 is 0 Å². The third-order valence-electron chi connectivity index (χ3n) is 4.60. The standard InChI is InChI=1S/C16H25N3/c17-16-7-3-2-6-14(16)12-18-11-8-15(13-18)19-9-4-1-5-10-19/h2-3,6-7,15H,1,4-5,8-13,17H2. The predicted octanol–water partition coefficient (Wildman–Crippen LogP) is 2.33. The van der Waals surface area contributed by atoms with E-state index < -0.39 is 0 Å². The van der Waals surface area contributed by atoms with Crippen molar-refractivity contribution in [3.05, 3.63) is 29.8 Å². The largest absolute Gasteiger partial charge is 0.398 e. The number of benzene rings is 1. The molecule has 0 radical (unpaired) electrons. The molecular weight excluding hydrogens is 234 g/mol. The summed E-state index contributed by atoms with van der Waals surface area (Å²) in [5, 5.41) is 0. The van der Waals surface area contributed by atoms with E-state index in [1.54, 1.807) is 0 Å². The topological polar surface area (TPSA) is 32.5 Å². The molecule has 0 amide bonds. The summed E-state index contributed by atoms with van der Waals surface area (Å²) in [6.45, 7) is 6.07. The number of hydrogen-bond acceptors (Lipinski definition) is 3. The average Bonchev–Trinajstić information content (AvgIpc) is 2.91. The van der Waals surface area contributed by atoms with Crippen LogP contribution in [0, 0.1) is 0 Å². The zero-order valence-electron chi connectivity index (χ0n) is 11.7. The first-order chi connectivity index (χ1) is 9.33. The number of nitrogens with two attached hydrogens (primary N) is 1. The molecule has 2 heterocycles.